The zero-order chi connectivity index (χ0) is 37.3. The van der Waals surface area contributed by atoms with Crippen molar-refractivity contribution in [2.75, 3.05) is 18.4 Å². The van der Waals surface area contributed by atoms with Gasteiger partial charge in [-0.15, -0.1) is 0 Å². The Morgan fingerprint density at radius 2 is 1.64 bits per heavy atom. The molecule has 0 saturated carbocycles. The number of carbonyl (C=O) groups excluding carboxylic acids is 5. The fourth-order valence-electron chi connectivity index (χ4n) is 5.54. The summed E-state index contributed by atoms with van der Waals surface area (Å²) in [4.78, 5) is 73.8. The molecule has 0 aliphatic carbocycles. The monoisotopic (exact) mass is 723 g/mol. The third-order valence-electron chi connectivity index (χ3n) is 8.19. The molecule has 4 rings (SSSR count). The highest BCUT2D eigenvalue weighted by Gasteiger charge is 2.47. The Kier molecular flexibility index (Phi) is 11.2. The molecule has 3 N–H and O–H groups in total. The molecular weight excluding hydrogens is 687 g/mol. The first-order valence-corrected chi connectivity index (χ1v) is 16.9. The number of fused-ring (bicyclic) bond motifs is 1. The summed E-state index contributed by atoms with van der Waals surface area (Å²) in [6.45, 7) is 6.88. The number of aromatic nitrogens is 1. The van der Waals surface area contributed by atoms with Crippen LogP contribution in [-0.4, -0.2) is 90.0 Å². The normalized spacial score (nSPS) is 16.7. The molecule has 14 nitrogen and oxygen atoms in total. The number of anilines is 1. The number of nitrogens with two attached hydrogens (primary N) is 1. The van der Waals surface area contributed by atoms with Crippen molar-refractivity contribution in [3.63, 3.8) is 0 Å². The summed E-state index contributed by atoms with van der Waals surface area (Å²) in [6.07, 6.45) is 0.557. The maximum absolute atomic E-state index is 14.2. The zero-order valence-corrected chi connectivity index (χ0v) is 28.5. The minimum absolute atomic E-state index is 0.150. The van der Waals surface area contributed by atoms with Gasteiger partial charge >= 0.3 is 21.5 Å². The van der Waals surface area contributed by atoms with Gasteiger partial charge in [0.25, 0.3) is 23.6 Å². The van der Waals surface area contributed by atoms with E-state index < -0.39 is 80.7 Å². The molecule has 1 fully saturated rings. The Hall–Kier alpha value is -4.68. The Bertz CT molecular complexity index is 1910. The number of Topliss-reactive ketones (excluding diaryl/α,β-unsaturated/α-hetero) is 1. The zero-order valence-electron chi connectivity index (χ0n) is 27.7. The summed E-state index contributed by atoms with van der Waals surface area (Å²) >= 11 is 0. The molecule has 1 aromatic heterocycles. The van der Waals surface area contributed by atoms with Gasteiger partial charge in [-0.2, -0.15) is 21.6 Å². The Morgan fingerprint density at radius 3 is 2.20 bits per heavy atom. The molecular formula is C32H36F3N5O9S. The largest absolute Gasteiger partial charge is 0.516 e. The average Bonchev–Trinajstić information content (AvgIpc) is 3.70. The van der Waals surface area contributed by atoms with E-state index in [0.717, 1.165) is 24.3 Å². The number of imide groups is 3. The summed E-state index contributed by atoms with van der Waals surface area (Å²) in [5, 5.41) is 0. The van der Waals surface area contributed by atoms with Crippen molar-refractivity contribution in [3.8, 4) is 0 Å². The lowest BCUT2D eigenvalue weighted by Gasteiger charge is -2.35. The Balaban J connectivity index is 1.67. The molecule has 1 saturated heterocycles. The van der Waals surface area contributed by atoms with Crippen LogP contribution < -0.4 is 10.5 Å². The van der Waals surface area contributed by atoms with E-state index >= 15 is 0 Å². The lowest BCUT2D eigenvalue weighted by molar-refractivity contribution is -0.145. The van der Waals surface area contributed by atoms with Gasteiger partial charge in [-0.3, -0.25) is 28.8 Å². The van der Waals surface area contributed by atoms with Crippen LogP contribution in [0.15, 0.2) is 46.9 Å². The van der Waals surface area contributed by atoms with Crippen LogP contribution in [0, 0.1) is 11.8 Å². The lowest BCUT2D eigenvalue weighted by atomic mass is 9.96. The number of oxazole rings is 1. The molecule has 50 heavy (non-hydrogen) atoms. The standard InChI is InChI=1S/C32H36F3N5O9S/c1-16(2)24(36)30(44)40(28(42)18-8-11-20(12-9-18)38-50(46,47)32(33,34)35)29(43)22-7-6-14-39(22)25(17(3)4)26(41)27-37-21-15-19(31(45)48-5)10-13-23(21)49-27/h8-13,15-17,22,24-25,38H,6-7,14,36H2,1-5H3/t22-,24-,25?/m0/s1. The second-order valence-corrected chi connectivity index (χ2v) is 14.0. The van der Waals surface area contributed by atoms with Crippen molar-refractivity contribution in [2.45, 2.75) is 64.2 Å². The quantitative estimate of drug-likeness (QED) is 0.165. The molecule has 3 amide bonds. The van der Waals surface area contributed by atoms with Crippen molar-refractivity contribution >= 4 is 56.3 Å². The third-order valence-corrected chi connectivity index (χ3v) is 9.31. The van der Waals surface area contributed by atoms with Crippen LogP contribution in [0.2, 0.25) is 0 Å². The smallest absolute Gasteiger partial charge is 0.465 e. The number of ether oxygens (including phenoxy) is 1. The summed E-state index contributed by atoms with van der Waals surface area (Å²) in [7, 11) is -4.54. The number of methoxy groups -OCH3 is 1. The van der Waals surface area contributed by atoms with Crippen LogP contribution >= 0.6 is 0 Å². The maximum atomic E-state index is 14.2. The number of benzene rings is 2. The van der Waals surface area contributed by atoms with Crippen LogP contribution in [0.5, 0.6) is 0 Å². The lowest BCUT2D eigenvalue weighted by Crippen LogP contribution is -2.58. The minimum atomic E-state index is -5.75. The minimum Gasteiger partial charge on any atom is -0.465 e. The summed E-state index contributed by atoms with van der Waals surface area (Å²) in [5.41, 5.74) is 0.273. The van der Waals surface area contributed by atoms with Gasteiger partial charge < -0.3 is 14.9 Å². The van der Waals surface area contributed by atoms with E-state index in [1.807, 2.05) is 0 Å². The van der Waals surface area contributed by atoms with E-state index in [9.17, 15) is 45.6 Å². The van der Waals surface area contributed by atoms with Gasteiger partial charge in [0, 0.05) is 11.3 Å². The number of esters is 1. The molecule has 3 aromatic rings. The number of hydrogen-bond acceptors (Lipinski definition) is 12. The first kappa shape index (κ1) is 38.1. The molecule has 0 spiro atoms. The maximum Gasteiger partial charge on any atom is 0.516 e. The van der Waals surface area contributed by atoms with E-state index in [2.05, 4.69) is 4.98 Å². The predicted molar refractivity (Wildman–Crippen MR) is 172 cm³/mol. The fraction of sp³-hybridized carbons (Fsp3) is 0.438. The molecule has 18 heteroatoms. The highest BCUT2D eigenvalue weighted by atomic mass is 32.2. The number of halogens is 3. The number of carbonyl (C=O) groups is 5. The highest BCUT2D eigenvalue weighted by molar-refractivity contribution is 7.93. The van der Waals surface area contributed by atoms with Crippen LogP contribution in [0.25, 0.3) is 11.1 Å². The molecule has 0 bridgehead atoms. The fourth-order valence-corrected chi connectivity index (χ4v) is 6.10. The second kappa shape index (κ2) is 14.7. The topological polar surface area (TPSA) is 199 Å². The number of alkyl halides is 3. The number of nitrogens with zero attached hydrogens (tertiary/aromatic N) is 3. The Labute approximate surface area is 285 Å². The first-order valence-electron chi connectivity index (χ1n) is 15.4. The predicted octanol–water partition coefficient (Wildman–Crippen LogP) is 3.73. The van der Waals surface area contributed by atoms with Gasteiger partial charge in [0.05, 0.1) is 30.8 Å². The number of amides is 3. The Morgan fingerprint density at radius 1 is 1.02 bits per heavy atom. The summed E-state index contributed by atoms with van der Waals surface area (Å²) in [5.74, 6) is -5.61. The number of sulfonamides is 1. The van der Waals surface area contributed by atoms with E-state index in [-0.39, 0.29) is 41.1 Å². The van der Waals surface area contributed by atoms with E-state index in [1.165, 1.54) is 30.0 Å². The molecule has 1 aliphatic rings. The van der Waals surface area contributed by atoms with Gasteiger partial charge in [0.1, 0.15) is 5.52 Å². The third kappa shape index (κ3) is 7.71. The van der Waals surface area contributed by atoms with Gasteiger partial charge in [-0.05, 0) is 73.7 Å². The highest BCUT2D eigenvalue weighted by Crippen LogP contribution is 2.30. The number of rotatable bonds is 11. The number of hydrogen-bond donors (Lipinski definition) is 2. The number of ketones is 1. The number of nitrogens with one attached hydrogen (secondary N) is 1. The van der Waals surface area contributed by atoms with Crippen LogP contribution in [0.1, 0.15) is 71.9 Å². The van der Waals surface area contributed by atoms with Crippen LogP contribution in [0.3, 0.4) is 0 Å². The van der Waals surface area contributed by atoms with Crippen LogP contribution in [-0.2, 0) is 24.3 Å². The summed E-state index contributed by atoms with van der Waals surface area (Å²) < 4.78 is 73.3. The van der Waals surface area contributed by atoms with E-state index in [1.54, 1.807) is 32.6 Å². The molecule has 270 valence electrons. The molecule has 1 unspecified atom stereocenters. The van der Waals surface area contributed by atoms with Crippen molar-refractivity contribution in [3.05, 3.63) is 59.5 Å². The molecule has 2 aromatic carbocycles. The van der Waals surface area contributed by atoms with Gasteiger partial charge in [-0.25, -0.2) is 14.7 Å². The van der Waals surface area contributed by atoms with E-state index in [4.69, 9.17) is 14.9 Å². The molecule has 2 heterocycles. The van der Waals surface area contributed by atoms with E-state index in [0.29, 0.717) is 11.3 Å². The van der Waals surface area contributed by atoms with Gasteiger partial charge in [0.15, 0.2) is 5.58 Å². The average molecular weight is 724 g/mol. The van der Waals surface area contributed by atoms with Crippen molar-refractivity contribution < 1.29 is 54.7 Å². The van der Waals surface area contributed by atoms with Crippen LogP contribution in [0.4, 0.5) is 18.9 Å². The number of likely N-dealkylation sites (tertiary alicyclic amines) is 1. The van der Waals surface area contributed by atoms with Crippen molar-refractivity contribution in [2.24, 2.45) is 17.6 Å². The van der Waals surface area contributed by atoms with Crippen molar-refractivity contribution in [1.29, 1.82) is 0 Å². The second-order valence-electron chi connectivity index (χ2n) is 12.4. The summed E-state index contributed by atoms with van der Waals surface area (Å²) in [6, 6.07) is 4.48. The van der Waals surface area contributed by atoms with Crippen molar-refractivity contribution in [1.82, 2.24) is 14.8 Å². The first-order chi connectivity index (χ1) is 23.3. The SMILES string of the molecule is COC(=O)c1ccc2oc(C(=O)C(C(C)C)N3CCC[C@H]3C(=O)N(C(=O)c3ccc(NS(=O)(=O)C(F)(F)F)cc3)C(=O)[C@@H](N)C(C)C)nc2c1. The molecule has 3 atom stereocenters. The molecule has 0 radical (unpaired) electrons. The van der Waals surface area contributed by atoms with Gasteiger partial charge in [-0.1, -0.05) is 27.7 Å². The van der Waals surface area contributed by atoms with Gasteiger partial charge in [0.2, 0.25) is 5.78 Å². The molecule has 1 aliphatic heterocycles.